The van der Waals surface area contributed by atoms with E-state index in [-0.39, 0.29) is 0 Å². The fourth-order valence-electron chi connectivity index (χ4n) is 3.10. The summed E-state index contributed by atoms with van der Waals surface area (Å²) >= 11 is 0.406. The van der Waals surface area contributed by atoms with Gasteiger partial charge in [-0.2, -0.15) is 0 Å². The van der Waals surface area contributed by atoms with E-state index in [1.165, 1.54) is 32.2 Å². The van der Waals surface area contributed by atoms with Gasteiger partial charge in [0.05, 0.1) is 0 Å². The van der Waals surface area contributed by atoms with E-state index < -0.39 is 0 Å². The van der Waals surface area contributed by atoms with E-state index in [0.717, 1.165) is 13.1 Å². The van der Waals surface area contributed by atoms with E-state index in [4.69, 9.17) is 0 Å². The molecule has 1 heterocycles. The van der Waals surface area contributed by atoms with Crippen LogP contribution in [0.1, 0.15) is 11.1 Å². The van der Waals surface area contributed by atoms with E-state index in [1.807, 2.05) is 0 Å². The summed E-state index contributed by atoms with van der Waals surface area (Å²) in [6.07, 6.45) is 1.17. The van der Waals surface area contributed by atoms with Crippen LogP contribution in [0.15, 0.2) is 78.9 Å². The first-order chi connectivity index (χ1) is 11.4. The standard InChI is InChI=1S/C21H19NSe/c1-3-7-17(8-4-1)16-22-14-13-18-15-20(11-12-21(18)22)23-19-9-5-2-6-10-19/h1-12,15H,13-14,16H2. The van der Waals surface area contributed by atoms with Crippen molar-refractivity contribution in [2.24, 2.45) is 0 Å². The molecule has 4 rings (SSSR count). The van der Waals surface area contributed by atoms with Crippen molar-refractivity contribution in [2.45, 2.75) is 13.0 Å². The summed E-state index contributed by atoms with van der Waals surface area (Å²) in [5.41, 5.74) is 4.32. The Labute approximate surface area is 144 Å². The molecule has 2 heteroatoms. The van der Waals surface area contributed by atoms with Crippen LogP contribution in [0.3, 0.4) is 0 Å². The molecule has 1 aliphatic heterocycles. The summed E-state index contributed by atoms with van der Waals surface area (Å²) in [7, 11) is 0. The minimum absolute atomic E-state index is 0.406. The molecule has 0 aliphatic carbocycles. The number of hydrogen-bond acceptors (Lipinski definition) is 1. The van der Waals surface area contributed by atoms with Crippen molar-refractivity contribution in [3.05, 3.63) is 90.0 Å². The van der Waals surface area contributed by atoms with Crippen molar-refractivity contribution < 1.29 is 0 Å². The van der Waals surface area contributed by atoms with E-state index in [9.17, 15) is 0 Å². The first-order valence-electron chi connectivity index (χ1n) is 8.03. The summed E-state index contributed by atoms with van der Waals surface area (Å²) < 4.78 is 2.92. The zero-order valence-electron chi connectivity index (χ0n) is 13.0. The second kappa shape index (κ2) is 6.62. The molecule has 114 valence electrons. The molecule has 3 aromatic rings. The van der Waals surface area contributed by atoms with E-state index in [2.05, 4.69) is 83.8 Å². The number of anilines is 1. The maximum absolute atomic E-state index is 2.50. The van der Waals surface area contributed by atoms with Crippen molar-refractivity contribution in [1.29, 1.82) is 0 Å². The van der Waals surface area contributed by atoms with Gasteiger partial charge < -0.3 is 0 Å². The zero-order valence-corrected chi connectivity index (χ0v) is 14.7. The van der Waals surface area contributed by atoms with Crippen molar-refractivity contribution in [2.75, 3.05) is 11.4 Å². The molecular formula is C21H19NSe. The number of benzene rings is 3. The third-order valence-electron chi connectivity index (χ3n) is 4.24. The topological polar surface area (TPSA) is 3.24 Å². The maximum atomic E-state index is 2.50. The van der Waals surface area contributed by atoms with E-state index in [1.54, 1.807) is 0 Å². The molecule has 0 bridgehead atoms. The number of rotatable bonds is 4. The fourth-order valence-corrected chi connectivity index (χ4v) is 5.00. The van der Waals surface area contributed by atoms with Gasteiger partial charge in [0, 0.05) is 0 Å². The first kappa shape index (κ1) is 14.6. The molecule has 0 amide bonds. The second-order valence-electron chi connectivity index (χ2n) is 5.86. The van der Waals surface area contributed by atoms with Crippen LogP contribution in [0.25, 0.3) is 0 Å². The molecule has 0 unspecified atom stereocenters. The molecule has 1 aliphatic rings. The molecule has 1 nitrogen and oxygen atoms in total. The average Bonchev–Trinajstić information content (AvgIpc) is 2.99. The van der Waals surface area contributed by atoms with Crippen LogP contribution < -0.4 is 13.8 Å². The van der Waals surface area contributed by atoms with Crippen molar-refractivity contribution in [3.8, 4) is 0 Å². The summed E-state index contributed by atoms with van der Waals surface area (Å²) in [4.78, 5) is 2.50. The molecule has 3 aromatic carbocycles. The molecular weight excluding hydrogens is 345 g/mol. The Hall–Kier alpha value is -2.02. The Kier molecular flexibility index (Phi) is 4.19. The van der Waals surface area contributed by atoms with Crippen LogP contribution in [0.4, 0.5) is 5.69 Å². The predicted molar refractivity (Wildman–Crippen MR) is 99.1 cm³/mol. The van der Waals surface area contributed by atoms with Gasteiger partial charge in [-0.1, -0.05) is 0 Å². The van der Waals surface area contributed by atoms with Gasteiger partial charge in [-0.25, -0.2) is 0 Å². The van der Waals surface area contributed by atoms with Gasteiger partial charge in [-0.3, -0.25) is 0 Å². The molecule has 0 fully saturated rings. The molecule has 23 heavy (non-hydrogen) atoms. The van der Waals surface area contributed by atoms with Gasteiger partial charge in [0.25, 0.3) is 0 Å². The Bertz CT molecular complexity index is 783. The molecule has 0 saturated heterocycles. The van der Waals surface area contributed by atoms with Crippen molar-refractivity contribution in [3.63, 3.8) is 0 Å². The molecule has 0 N–H and O–H groups in total. The average molecular weight is 364 g/mol. The third-order valence-corrected chi connectivity index (χ3v) is 6.33. The summed E-state index contributed by atoms with van der Waals surface area (Å²) in [5, 5.41) is 0. The van der Waals surface area contributed by atoms with Crippen LogP contribution in [0.5, 0.6) is 0 Å². The van der Waals surface area contributed by atoms with Crippen molar-refractivity contribution in [1.82, 2.24) is 0 Å². The number of hydrogen-bond donors (Lipinski definition) is 0. The van der Waals surface area contributed by atoms with Gasteiger partial charge in [-0.05, 0) is 0 Å². The van der Waals surface area contributed by atoms with Crippen LogP contribution in [0.2, 0.25) is 0 Å². The fraction of sp³-hybridized carbons (Fsp3) is 0.143. The Balaban J connectivity index is 1.52. The summed E-state index contributed by atoms with van der Waals surface area (Å²) in [6, 6.07) is 28.6. The van der Waals surface area contributed by atoms with Crippen LogP contribution >= 0.6 is 0 Å². The quantitative estimate of drug-likeness (QED) is 0.644. The first-order valence-corrected chi connectivity index (χ1v) is 9.74. The van der Waals surface area contributed by atoms with E-state index in [0.29, 0.717) is 15.0 Å². The Morgan fingerprint density at radius 3 is 2.30 bits per heavy atom. The Morgan fingerprint density at radius 2 is 1.52 bits per heavy atom. The molecule has 0 aromatic heterocycles. The SMILES string of the molecule is c1ccc(CN2CCc3cc([Se]c4ccccc4)ccc32)cc1. The van der Waals surface area contributed by atoms with Crippen LogP contribution in [0, 0.1) is 0 Å². The minimum atomic E-state index is 0.406. The molecule has 0 saturated carbocycles. The van der Waals surface area contributed by atoms with Crippen LogP contribution in [-0.2, 0) is 13.0 Å². The van der Waals surface area contributed by atoms with Gasteiger partial charge in [0.1, 0.15) is 0 Å². The van der Waals surface area contributed by atoms with Crippen LogP contribution in [-0.4, -0.2) is 21.5 Å². The number of nitrogens with zero attached hydrogens (tertiary/aromatic N) is 1. The van der Waals surface area contributed by atoms with Gasteiger partial charge >= 0.3 is 144 Å². The molecule has 0 spiro atoms. The molecule has 0 atom stereocenters. The van der Waals surface area contributed by atoms with Gasteiger partial charge in [0.15, 0.2) is 0 Å². The van der Waals surface area contributed by atoms with Gasteiger partial charge in [0.2, 0.25) is 0 Å². The van der Waals surface area contributed by atoms with Gasteiger partial charge in [-0.15, -0.1) is 0 Å². The summed E-state index contributed by atoms with van der Waals surface area (Å²) in [5.74, 6) is 0. The normalized spacial score (nSPS) is 13.1. The van der Waals surface area contributed by atoms with Crippen molar-refractivity contribution >= 4 is 29.6 Å². The third kappa shape index (κ3) is 3.34. The summed E-state index contributed by atoms with van der Waals surface area (Å²) in [6.45, 7) is 2.14. The Morgan fingerprint density at radius 1 is 0.783 bits per heavy atom. The number of fused-ring (bicyclic) bond motifs is 1. The second-order valence-corrected chi connectivity index (χ2v) is 8.27. The zero-order chi connectivity index (χ0) is 15.5. The molecule has 0 radical (unpaired) electrons. The predicted octanol–water partition coefficient (Wildman–Crippen LogP) is 2.90. The monoisotopic (exact) mass is 365 g/mol. The van der Waals surface area contributed by atoms with E-state index >= 15 is 0 Å².